The van der Waals surface area contributed by atoms with Crippen molar-refractivity contribution in [3.05, 3.63) is 79.0 Å². The van der Waals surface area contributed by atoms with Crippen molar-refractivity contribution < 1.29 is 4.79 Å². The molecule has 5 rings (SSSR count). The summed E-state index contributed by atoms with van der Waals surface area (Å²) in [6.45, 7) is 4.00. The van der Waals surface area contributed by atoms with E-state index in [1.54, 1.807) is 37.1 Å². The molecule has 0 atom stereocenters. The zero-order chi connectivity index (χ0) is 22.8. The fourth-order valence-electron chi connectivity index (χ4n) is 3.70. The lowest BCUT2D eigenvalue weighted by Crippen LogP contribution is -2.20. The highest BCUT2D eigenvalue weighted by atomic mass is 16.2. The number of carbonyl (C=O) groups is 1. The number of nitrogens with zero attached hydrogens (tertiary/aromatic N) is 7. The van der Waals surface area contributed by atoms with Crippen LogP contribution in [-0.4, -0.2) is 40.4 Å². The fraction of sp³-hybridized carbons (Fsp3) is 0.125. The monoisotopic (exact) mass is 436 g/mol. The molecule has 0 aliphatic heterocycles. The van der Waals surface area contributed by atoms with Crippen LogP contribution in [0.5, 0.6) is 0 Å². The molecule has 5 aromatic rings. The molecule has 9 heteroatoms. The van der Waals surface area contributed by atoms with E-state index >= 15 is 0 Å². The first-order valence-electron chi connectivity index (χ1n) is 10.3. The molecule has 0 bridgehead atoms. The van der Waals surface area contributed by atoms with Crippen molar-refractivity contribution in [1.82, 2.24) is 34.5 Å². The molecule has 9 nitrogen and oxygen atoms in total. The van der Waals surface area contributed by atoms with Crippen molar-refractivity contribution in [2.24, 2.45) is 0 Å². The van der Waals surface area contributed by atoms with Gasteiger partial charge in [-0.3, -0.25) is 19.7 Å². The average Bonchev–Trinajstić information content (AvgIpc) is 3.15. The van der Waals surface area contributed by atoms with Crippen LogP contribution >= 0.6 is 0 Å². The number of pyridine rings is 2. The zero-order valence-corrected chi connectivity index (χ0v) is 18.1. The molecule has 1 N–H and O–H groups in total. The molecule has 162 valence electrons. The Morgan fingerprint density at radius 1 is 0.909 bits per heavy atom. The number of hydrogen-bond donors (Lipinski definition) is 1. The molecule has 5 aromatic heterocycles. The maximum absolute atomic E-state index is 12.8. The lowest BCUT2D eigenvalue weighted by Gasteiger charge is -2.09. The normalized spacial score (nSPS) is 11.0. The number of aryl methyl sites for hydroxylation is 2. The van der Waals surface area contributed by atoms with Gasteiger partial charge >= 0.3 is 0 Å². The maximum Gasteiger partial charge on any atom is 0.245 e. The summed E-state index contributed by atoms with van der Waals surface area (Å²) in [5.41, 5.74) is 5.85. The molecule has 5 heterocycles. The number of amides is 1. The van der Waals surface area contributed by atoms with Crippen LogP contribution in [0.15, 0.2) is 67.6 Å². The van der Waals surface area contributed by atoms with Gasteiger partial charge in [-0.2, -0.15) is 0 Å². The lowest BCUT2D eigenvalue weighted by atomic mass is 10.1. The van der Waals surface area contributed by atoms with E-state index in [4.69, 9.17) is 0 Å². The van der Waals surface area contributed by atoms with Gasteiger partial charge < -0.3 is 9.88 Å². The summed E-state index contributed by atoms with van der Waals surface area (Å²) in [7, 11) is 0. The predicted molar refractivity (Wildman–Crippen MR) is 124 cm³/mol. The third kappa shape index (κ3) is 4.16. The first kappa shape index (κ1) is 20.4. The van der Waals surface area contributed by atoms with Crippen LogP contribution in [0.2, 0.25) is 0 Å². The van der Waals surface area contributed by atoms with E-state index in [2.05, 4.69) is 35.2 Å². The summed E-state index contributed by atoms with van der Waals surface area (Å²) in [6.07, 6.45) is 9.85. The van der Waals surface area contributed by atoms with Gasteiger partial charge in [0, 0.05) is 52.7 Å². The molecule has 0 saturated carbocycles. The van der Waals surface area contributed by atoms with Crippen LogP contribution in [0.3, 0.4) is 0 Å². The Labute approximate surface area is 189 Å². The topological polar surface area (TPSA) is 111 Å². The van der Waals surface area contributed by atoms with Gasteiger partial charge in [0.25, 0.3) is 0 Å². The lowest BCUT2D eigenvalue weighted by molar-refractivity contribution is -0.116. The van der Waals surface area contributed by atoms with E-state index < -0.39 is 0 Å². The fourth-order valence-corrected chi connectivity index (χ4v) is 3.70. The van der Waals surface area contributed by atoms with Crippen molar-refractivity contribution in [2.45, 2.75) is 20.4 Å². The average molecular weight is 436 g/mol. The number of hydrogen-bond acceptors (Lipinski definition) is 7. The van der Waals surface area contributed by atoms with E-state index in [1.165, 1.54) is 6.33 Å². The Bertz CT molecular complexity index is 1450. The largest absolute Gasteiger partial charge is 0.320 e. The third-order valence-corrected chi connectivity index (χ3v) is 5.26. The summed E-state index contributed by atoms with van der Waals surface area (Å²) in [5, 5.41) is 3.73. The Hall–Kier alpha value is -4.53. The van der Waals surface area contributed by atoms with Crippen molar-refractivity contribution in [2.75, 3.05) is 5.32 Å². The molecule has 1 amide bonds. The number of nitrogens with one attached hydrogen (secondary N) is 1. The van der Waals surface area contributed by atoms with Gasteiger partial charge in [-0.1, -0.05) is 0 Å². The zero-order valence-electron chi connectivity index (χ0n) is 18.1. The summed E-state index contributed by atoms with van der Waals surface area (Å²) in [5.74, 6) is 0.264. The van der Waals surface area contributed by atoms with Gasteiger partial charge in [0.15, 0.2) is 0 Å². The van der Waals surface area contributed by atoms with Gasteiger partial charge in [-0.15, -0.1) is 0 Å². The number of rotatable bonds is 5. The minimum atomic E-state index is -0.199. The summed E-state index contributed by atoms with van der Waals surface area (Å²) < 4.78 is 1.87. The van der Waals surface area contributed by atoms with Crippen molar-refractivity contribution in [3.8, 4) is 22.5 Å². The molecule has 0 aromatic carbocycles. The van der Waals surface area contributed by atoms with Gasteiger partial charge in [0.05, 0.1) is 17.6 Å². The van der Waals surface area contributed by atoms with E-state index in [9.17, 15) is 4.79 Å². The van der Waals surface area contributed by atoms with Gasteiger partial charge in [0.1, 0.15) is 24.3 Å². The highest BCUT2D eigenvalue weighted by Gasteiger charge is 2.16. The first-order chi connectivity index (χ1) is 16.1. The van der Waals surface area contributed by atoms with E-state index in [0.717, 1.165) is 39.3 Å². The predicted octanol–water partition coefficient (Wildman–Crippen LogP) is 3.60. The highest BCUT2D eigenvalue weighted by molar-refractivity contribution is 5.94. The van der Waals surface area contributed by atoms with E-state index in [0.29, 0.717) is 11.5 Å². The van der Waals surface area contributed by atoms with Gasteiger partial charge in [-0.25, -0.2) is 15.0 Å². The van der Waals surface area contributed by atoms with Crippen LogP contribution in [0.4, 0.5) is 5.82 Å². The second kappa shape index (κ2) is 8.54. The van der Waals surface area contributed by atoms with Gasteiger partial charge in [-0.05, 0) is 44.2 Å². The Kier molecular flexibility index (Phi) is 5.27. The van der Waals surface area contributed by atoms with Crippen LogP contribution in [0.1, 0.15) is 11.4 Å². The Balaban J connectivity index is 1.37. The molecule has 0 radical (unpaired) electrons. The van der Waals surface area contributed by atoms with Crippen LogP contribution in [-0.2, 0) is 11.3 Å². The quantitative estimate of drug-likeness (QED) is 0.448. The highest BCUT2D eigenvalue weighted by Crippen LogP contribution is 2.28. The Morgan fingerprint density at radius 2 is 1.82 bits per heavy atom. The molecule has 0 aliphatic carbocycles. The summed E-state index contributed by atoms with van der Waals surface area (Å²) in [4.78, 5) is 38.6. The number of anilines is 1. The maximum atomic E-state index is 12.8. The van der Waals surface area contributed by atoms with Crippen LogP contribution in [0, 0.1) is 13.8 Å². The molecule has 0 saturated heterocycles. The van der Waals surface area contributed by atoms with E-state index in [-0.39, 0.29) is 12.5 Å². The molecule has 0 aliphatic rings. The standard InChI is InChI=1S/C24H20N8O/c1-15-9-17(5-6-26-15)23-19-10-16(2)32(24(19)30-14-29-23)13-22(33)31-21-4-3-18(11-28-21)20-12-25-7-8-27-20/h3-12,14H,13H2,1-2H3,(H,28,31,33). The Morgan fingerprint density at radius 3 is 2.58 bits per heavy atom. The molecule has 0 fully saturated rings. The second-order valence-electron chi connectivity index (χ2n) is 7.59. The number of aromatic nitrogens is 7. The smallest absolute Gasteiger partial charge is 0.245 e. The second-order valence-corrected chi connectivity index (χ2v) is 7.59. The van der Waals surface area contributed by atoms with Crippen LogP contribution < -0.4 is 5.32 Å². The molecule has 0 unspecified atom stereocenters. The summed E-state index contributed by atoms with van der Waals surface area (Å²) in [6, 6.07) is 9.50. The van der Waals surface area contributed by atoms with Crippen molar-refractivity contribution in [3.63, 3.8) is 0 Å². The SMILES string of the molecule is Cc1cc(-c2ncnc3c2cc(C)n3CC(=O)Nc2ccc(-c3cnccn3)cn2)ccn1. The van der Waals surface area contributed by atoms with Crippen LogP contribution in [0.25, 0.3) is 33.5 Å². The number of fused-ring (bicyclic) bond motifs is 1. The van der Waals surface area contributed by atoms with Crippen molar-refractivity contribution in [1.29, 1.82) is 0 Å². The molecular formula is C24H20N8O. The minimum Gasteiger partial charge on any atom is -0.320 e. The minimum absolute atomic E-state index is 0.106. The molecule has 0 spiro atoms. The molecular weight excluding hydrogens is 416 g/mol. The first-order valence-corrected chi connectivity index (χ1v) is 10.3. The third-order valence-electron chi connectivity index (χ3n) is 5.26. The van der Waals surface area contributed by atoms with Gasteiger partial charge in [0.2, 0.25) is 5.91 Å². The number of carbonyl (C=O) groups excluding carboxylic acids is 1. The molecule has 33 heavy (non-hydrogen) atoms. The van der Waals surface area contributed by atoms with Crippen molar-refractivity contribution >= 4 is 22.8 Å². The van der Waals surface area contributed by atoms with E-state index in [1.807, 2.05) is 42.7 Å². The summed E-state index contributed by atoms with van der Waals surface area (Å²) >= 11 is 0.